The first-order valence-electron chi connectivity index (χ1n) is 5.76. The largest absolute Gasteiger partial charge is 0.388 e. The van der Waals surface area contributed by atoms with Crippen LogP contribution in [-0.4, -0.2) is 48.2 Å². The van der Waals surface area contributed by atoms with Crippen LogP contribution in [0.5, 0.6) is 0 Å². The maximum atomic E-state index is 11.6. The molecule has 88 valence electrons. The minimum Gasteiger partial charge on any atom is -0.388 e. The van der Waals surface area contributed by atoms with Crippen LogP contribution in [0.3, 0.4) is 0 Å². The highest BCUT2D eigenvalue weighted by Gasteiger charge is 2.32. The van der Waals surface area contributed by atoms with E-state index in [9.17, 15) is 9.90 Å². The molecule has 0 aromatic carbocycles. The third-order valence-corrected chi connectivity index (χ3v) is 3.02. The second kappa shape index (κ2) is 5.47. The van der Waals surface area contributed by atoms with E-state index in [0.29, 0.717) is 38.9 Å². The Balaban J connectivity index is 2.38. The van der Waals surface area contributed by atoms with Gasteiger partial charge in [0.25, 0.3) is 0 Å². The molecule has 1 heterocycles. The van der Waals surface area contributed by atoms with Gasteiger partial charge >= 0.3 is 0 Å². The van der Waals surface area contributed by atoms with E-state index >= 15 is 0 Å². The summed E-state index contributed by atoms with van der Waals surface area (Å²) in [6.45, 7) is 4.01. The fourth-order valence-electron chi connectivity index (χ4n) is 2.05. The van der Waals surface area contributed by atoms with Gasteiger partial charge in [-0.3, -0.25) is 4.79 Å². The van der Waals surface area contributed by atoms with E-state index in [-0.39, 0.29) is 5.91 Å². The molecular weight excluding hydrogens is 192 g/mol. The summed E-state index contributed by atoms with van der Waals surface area (Å²) in [5.41, 5.74) is -0.613. The van der Waals surface area contributed by atoms with E-state index < -0.39 is 5.60 Å². The standard InChI is InChI=1S/C11H22N2O2/c1-3-4-10(14)13-7-5-11(15,6-8-13)9-12-2/h12,15H,3-9H2,1-2H3. The number of carbonyl (C=O) groups is 1. The normalized spacial score (nSPS) is 20.3. The van der Waals surface area contributed by atoms with Gasteiger partial charge in [0.15, 0.2) is 0 Å². The van der Waals surface area contributed by atoms with Gasteiger partial charge in [0, 0.05) is 26.1 Å². The summed E-state index contributed by atoms with van der Waals surface area (Å²) in [5.74, 6) is 0.226. The van der Waals surface area contributed by atoms with Crippen molar-refractivity contribution in [3.8, 4) is 0 Å². The first kappa shape index (κ1) is 12.5. The molecule has 1 aliphatic rings. The van der Waals surface area contributed by atoms with Crippen molar-refractivity contribution in [1.29, 1.82) is 0 Å². The lowest BCUT2D eigenvalue weighted by Gasteiger charge is -2.38. The van der Waals surface area contributed by atoms with Crippen molar-refractivity contribution in [2.45, 2.75) is 38.2 Å². The molecule has 1 saturated heterocycles. The van der Waals surface area contributed by atoms with Gasteiger partial charge in [-0.2, -0.15) is 0 Å². The molecule has 1 rings (SSSR count). The lowest BCUT2D eigenvalue weighted by atomic mass is 9.91. The van der Waals surface area contributed by atoms with Crippen LogP contribution in [-0.2, 0) is 4.79 Å². The number of piperidine rings is 1. The van der Waals surface area contributed by atoms with Crippen LogP contribution in [0.25, 0.3) is 0 Å². The van der Waals surface area contributed by atoms with E-state index in [2.05, 4.69) is 5.32 Å². The quantitative estimate of drug-likeness (QED) is 0.710. The molecule has 15 heavy (non-hydrogen) atoms. The van der Waals surface area contributed by atoms with Crippen LogP contribution in [0.1, 0.15) is 32.6 Å². The number of aliphatic hydroxyl groups is 1. The second-order valence-corrected chi connectivity index (χ2v) is 4.39. The van der Waals surface area contributed by atoms with Gasteiger partial charge in [-0.15, -0.1) is 0 Å². The molecule has 0 atom stereocenters. The zero-order valence-corrected chi connectivity index (χ0v) is 9.75. The Kier molecular flexibility index (Phi) is 4.54. The molecule has 2 N–H and O–H groups in total. The van der Waals surface area contributed by atoms with Gasteiger partial charge in [0.2, 0.25) is 5.91 Å². The summed E-state index contributed by atoms with van der Waals surface area (Å²) < 4.78 is 0. The summed E-state index contributed by atoms with van der Waals surface area (Å²) >= 11 is 0. The lowest BCUT2D eigenvalue weighted by Crippen LogP contribution is -2.50. The van der Waals surface area contributed by atoms with Crippen LogP contribution in [0.2, 0.25) is 0 Å². The Morgan fingerprint density at radius 1 is 1.47 bits per heavy atom. The molecular formula is C11H22N2O2. The van der Waals surface area contributed by atoms with E-state index in [0.717, 1.165) is 6.42 Å². The van der Waals surface area contributed by atoms with Crippen molar-refractivity contribution in [2.24, 2.45) is 0 Å². The number of likely N-dealkylation sites (N-methyl/N-ethyl adjacent to an activating group) is 1. The fraction of sp³-hybridized carbons (Fsp3) is 0.909. The Labute approximate surface area is 91.6 Å². The average molecular weight is 214 g/mol. The van der Waals surface area contributed by atoms with E-state index in [1.807, 2.05) is 18.9 Å². The van der Waals surface area contributed by atoms with Crippen molar-refractivity contribution >= 4 is 5.91 Å². The molecule has 1 fully saturated rings. The van der Waals surface area contributed by atoms with Crippen LogP contribution in [0, 0.1) is 0 Å². The second-order valence-electron chi connectivity index (χ2n) is 4.39. The number of rotatable bonds is 4. The number of nitrogens with one attached hydrogen (secondary N) is 1. The Morgan fingerprint density at radius 2 is 2.07 bits per heavy atom. The van der Waals surface area contributed by atoms with Gasteiger partial charge < -0.3 is 15.3 Å². The molecule has 1 aliphatic heterocycles. The van der Waals surface area contributed by atoms with Crippen LogP contribution in [0.4, 0.5) is 0 Å². The predicted molar refractivity (Wildman–Crippen MR) is 59.6 cm³/mol. The number of carbonyl (C=O) groups excluding carboxylic acids is 1. The first-order chi connectivity index (χ1) is 7.11. The van der Waals surface area contributed by atoms with Crippen LogP contribution < -0.4 is 5.32 Å². The highest BCUT2D eigenvalue weighted by atomic mass is 16.3. The Bertz CT molecular complexity index is 211. The summed E-state index contributed by atoms with van der Waals surface area (Å²) in [6, 6.07) is 0. The molecule has 0 bridgehead atoms. The third kappa shape index (κ3) is 3.47. The van der Waals surface area contributed by atoms with E-state index in [1.165, 1.54) is 0 Å². The third-order valence-electron chi connectivity index (χ3n) is 3.02. The van der Waals surface area contributed by atoms with Crippen molar-refractivity contribution < 1.29 is 9.90 Å². The van der Waals surface area contributed by atoms with Crippen molar-refractivity contribution in [3.05, 3.63) is 0 Å². The number of likely N-dealkylation sites (tertiary alicyclic amines) is 1. The van der Waals surface area contributed by atoms with Crippen molar-refractivity contribution in [2.75, 3.05) is 26.7 Å². The van der Waals surface area contributed by atoms with Gasteiger partial charge in [0.1, 0.15) is 0 Å². The minimum absolute atomic E-state index is 0.226. The lowest BCUT2D eigenvalue weighted by molar-refractivity contribution is -0.135. The van der Waals surface area contributed by atoms with E-state index in [4.69, 9.17) is 0 Å². The molecule has 4 nitrogen and oxygen atoms in total. The average Bonchev–Trinajstić information content (AvgIpc) is 2.19. The number of hydrogen-bond donors (Lipinski definition) is 2. The summed E-state index contributed by atoms with van der Waals surface area (Å²) in [6.07, 6.45) is 2.90. The molecule has 0 spiro atoms. The predicted octanol–water partition coefficient (Wildman–Crippen LogP) is 0.359. The van der Waals surface area contributed by atoms with Gasteiger partial charge in [-0.05, 0) is 26.3 Å². The van der Waals surface area contributed by atoms with E-state index in [1.54, 1.807) is 0 Å². The molecule has 0 aromatic rings. The SMILES string of the molecule is CCCC(=O)N1CCC(O)(CNC)CC1. The smallest absolute Gasteiger partial charge is 0.222 e. The number of amides is 1. The summed E-state index contributed by atoms with van der Waals surface area (Å²) in [4.78, 5) is 13.5. The number of hydrogen-bond acceptors (Lipinski definition) is 3. The highest BCUT2D eigenvalue weighted by Crippen LogP contribution is 2.21. The molecule has 0 saturated carbocycles. The van der Waals surface area contributed by atoms with Gasteiger partial charge in [-0.1, -0.05) is 6.92 Å². The Morgan fingerprint density at radius 3 is 2.53 bits per heavy atom. The zero-order chi connectivity index (χ0) is 11.3. The fourth-order valence-corrected chi connectivity index (χ4v) is 2.05. The number of nitrogens with zero attached hydrogens (tertiary/aromatic N) is 1. The maximum Gasteiger partial charge on any atom is 0.222 e. The maximum absolute atomic E-state index is 11.6. The Hall–Kier alpha value is -0.610. The molecule has 1 amide bonds. The molecule has 0 radical (unpaired) electrons. The molecule has 4 heteroatoms. The molecule has 0 aromatic heterocycles. The van der Waals surface area contributed by atoms with Crippen molar-refractivity contribution in [1.82, 2.24) is 10.2 Å². The van der Waals surface area contributed by atoms with Crippen molar-refractivity contribution in [3.63, 3.8) is 0 Å². The summed E-state index contributed by atoms with van der Waals surface area (Å²) in [5, 5.41) is 13.1. The monoisotopic (exact) mass is 214 g/mol. The molecule has 0 aliphatic carbocycles. The van der Waals surface area contributed by atoms with Gasteiger partial charge in [0.05, 0.1) is 5.60 Å². The zero-order valence-electron chi connectivity index (χ0n) is 9.75. The summed E-state index contributed by atoms with van der Waals surface area (Å²) in [7, 11) is 1.84. The highest BCUT2D eigenvalue weighted by molar-refractivity contribution is 5.76. The minimum atomic E-state index is -0.613. The molecule has 0 unspecified atom stereocenters. The first-order valence-corrected chi connectivity index (χ1v) is 5.76. The van der Waals surface area contributed by atoms with Crippen LogP contribution >= 0.6 is 0 Å². The van der Waals surface area contributed by atoms with Crippen LogP contribution in [0.15, 0.2) is 0 Å². The topological polar surface area (TPSA) is 52.6 Å². The van der Waals surface area contributed by atoms with Gasteiger partial charge in [-0.25, -0.2) is 0 Å².